The quantitative estimate of drug-likeness (QED) is 0.885. The summed E-state index contributed by atoms with van der Waals surface area (Å²) >= 11 is 1.20. The zero-order valence-electron chi connectivity index (χ0n) is 9.87. The monoisotopic (exact) mass is 304 g/mol. The first-order valence-corrected chi connectivity index (χ1v) is 6.34. The summed E-state index contributed by atoms with van der Waals surface area (Å²) in [6, 6.07) is 2.32. The summed E-state index contributed by atoms with van der Waals surface area (Å²) in [6.07, 6.45) is -4.68. The first-order chi connectivity index (χ1) is 9.38. The first-order valence-electron chi connectivity index (χ1n) is 5.40. The molecule has 0 bridgehead atoms. The van der Waals surface area contributed by atoms with Crippen molar-refractivity contribution in [3.05, 3.63) is 51.7 Å². The van der Waals surface area contributed by atoms with E-state index < -0.39 is 23.5 Å². The smallest absolute Gasteiger partial charge is 0.347 e. The molecule has 0 aliphatic heterocycles. The van der Waals surface area contributed by atoms with Gasteiger partial charge < -0.3 is 5.32 Å². The van der Waals surface area contributed by atoms with Gasteiger partial charge in [0, 0.05) is 11.9 Å². The van der Waals surface area contributed by atoms with E-state index in [-0.39, 0.29) is 17.8 Å². The van der Waals surface area contributed by atoms with Crippen molar-refractivity contribution < 1.29 is 22.4 Å². The van der Waals surface area contributed by atoms with Gasteiger partial charge in [-0.1, -0.05) is 6.07 Å². The third-order valence-electron chi connectivity index (χ3n) is 2.48. The standard InChI is InChI=1S/C12H8F4N2OS/c13-8-2-1-7(9(3-8)12(14,15)16)4-17-11(19)10-5-20-6-18-10/h1-3,5-6H,4H2,(H,17,19). The molecule has 1 aromatic heterocycles. The number of thiazole rings is 1. The molecule has 0 aliphatic carbocycles. The Kier molecular flexibility index (Phi) is 4.03. The molecular weight excluding hydrogens is 296 g/mol. The topological polar surface area (TPSA) is 42.0 Å². The lowest BCUT2D eigenvalue weighted by Gasteiger charge is -2.13. The molecule has 3 nitrogen and oxygen atoms in total. The number of rotatable bonds is 3. The predicted octanol–water partition coefficient (Wildman–Crippen LogP) is 3.23. The molecule has 2 rings (SSSR count). The fourth-order valence-electron chi connectivity index (χ4n) is 1.56. The Balaban J connectivity index is 2.16. The van der Waals surface area contributed by atoms with Gasteiger partial charge in [-0.3, -0.25) is 4.79 Å². The van der Waals surface area contributed by atoms with Gasteiger partial charge in [0.15, 0.2) is 0 Å². The van der Waals surface area contributed by atoms with Gasteiger partial charge in [-0.25, -0.2) is 9.37 Å². The van der Waals surface area contributed by atoms with Crippen LogP contribution < -0.4 is 5.32 Å². The lowest BCUT2D eigenvalue weighted by molar-refractivity contribution is -0.138. The maximum absolute atomic E-state index is 12.9. The van der Waals surface area contributed by atoms with Gasteiger partial charge >= 0.3 is 6.18 Å². The number of benzene rings is 1. The third-order valence-corrected chi connectivity index (χ3v) is 3.07. The molecule has 1 heterocycles. The van der Waals surface area contributed by atoms with Crippen LogP contribution in [0.4, 0.5) is 17.6 Å². The van der Waals surface area contributed by atoms with E-state index in [1.807, 2.05) is 0 Å². The van der Waals surface area contributed by atoms with Crippen molar-refractivity contribution in [1.82, 2.24) is 10.3 Å². The largest absolute Gasteiger partial charge is 0.416 e. The Hall–Kier alpha value is -1.96. The number of carbonyl (C=O) groups excluding carboxylic acids is 1. The SMILES string of the molecule is O=C(NCc1ccc(F)cc1C(F)(F)F)c1cscn1. The Morgan fingerprint density at radius 3 is 2.70 bits per heavy atom. The molecule has 0 saturated heterocycles. The van der Waals surface area contributed by atoms with Crippen molar-refractivity contribution in [1.29, 1.82) is 0 Å². The van der Waals surface area contributed by atoms with Crippen LogP contribution in [0.5, 0.6) is 0 Å². The van der Waals surface area contributed by atoms with Crippen LogP contribution in [0.1, 0.15) is 21.6 Å². The summed E-state index contributed by atoms with van der Waals surface area (Å²) in [5.74, 6) is -1.56. The number of aromatic nitrogens is 1. The molecule has 0 spiro atoms. The summed E-state index contributed by atoms with van der Waals surface area (Å²) in [6.45, 7) is -0.356. The minimum Gasteiger partial charge on any atom is -0.347 e. The number of alkyl halides is 3. The van der Waals surface area contributed by atoms with Crippen LogP contribution in [-0.4, -0.2) is 10.9 Å². The second-order valence-corrected chi connectivity index (χ2v) is 4.57. The third kappa shape index (κ3) is 3.32. The molecule has 0 aliphatic rings. The number of carbonyl (C=O) groups is 1. The summed E-state index contributed by atoms with van der Waals surface area (Å²) < 4.78 is 51.1. The lowest BCUT2D eigenvalue weighted by Crippen LogP contribution is -2.24. The van der Waals surface area contributed by atoms with Crippen molar-refractivity contribution in [2.45, 2.75) is 12.7 Å². The van der Waals surface area contributed by atoms with Crippen LogP contribution in [0.25, 0.3) is 0 Å². The van der Waals surface area contributed by atoms with Crippen LogP contribution in [0.3, 0.4) is 0 Å². The molecule has 0 atom stereocenters. The van der Waals surface area contributed by atoms with Crippen LogP contribution in [0.15, 0.2) is 29.1 Å². The van der Waals surface area contributed by atoms with E-state index in [1.165, 1.54) is 22.2 Å². The molecule has 1 amide bonds. The van der Waals surface area contributed by atoms with Crippen molar-refractivity contribution in [3.8, 4) is 0 Å². The minimum atomic E-state index is -4.68. The van der Waals surface area contributed by atoms with E-state index in [9.17, 15) is 22.4 Å². The predicted molar refractivity (Wildman–Crippen MR) is 64.7 cm³/mol. The van der Waals surface area contributed by atoms with E-state index >= 15 is 0 Å². The number of nitrogens with zero attached hydrogens (tertiary/aromatic N) is 1. The number of amides is 1. The van der Waals surface area contributed by atoms with E-state index in [1.54, 1.807) is 0 Å². The molecule has 20 heavy (non-hydrogen) atoms. The lowest BCUT2D eigenvalue weighted by atomic mass is 10.1. The van der Waals surface area contributed by atoms with Crippen LogP contribution in [0.2, 0.25) is 0 Å². The molecule has 106 valence electrons. The molecule has 8 heteroatoms. The zero-order valence-corrected chi connectivity index (χ0v) is 10.7. The second kappa shape index (κ2) is 5.58. The van der Waals surface area contributed by atoms with Gasteiger partial charge in [0.05, 0.1) is 11.1 Å². The highest BCUT2D eigenvalue weighted by atomic mass is 32.1. The summed E-state index contributed by atoms with van der Waals surface area (Å²) in [5, 5.41) is 3.79. The highest BCUT2D eigenvalue weighted by molar-refractivity contribution is 7.07. The maximum atomic E-state index is 12.9. The summed E-state index contributed by atoms with van der Waals surface area (Å²) in [7, 11) is 0. The molecule has 1 aromatic carbocycles. The van der Waals surface area contributed by atoms with Gasteiger partial charge in [0.25, 0.3) is 5.91 Å². The Morgan fingerprint density at radius 2 is 2.10 bits per heavy atom. The van der Waals surface area contributed by atoms with Gasteiger partial charge in [0.2, 0.25) is 0 Å². The molecule has 0 unspecified atom stereocenters. The Bertz CT molecular complexity index is 610. The first kappa shape index (κ1) is 14.4. The van der Waals surface area contributed by atoms with Crippen molar-refractivity contribution in [2.24, 2.45) is 0 Å². The number of hydrogen-bond acceptors (Lipinski definition) is 3. The van der Waals surface area contributed by atoms with E-state index in [0.717, 1.165) is 12.1 Å². The van der Waals surface area contributed by atoms with Crippen molar-refractivity contribution in [3.63, 3.8) is 0 Å². The fraction of sp³-hybridized carbons (Fsp3) is 0.167. The summed E-state index contributed by atoms with van der Waals surface area (Å²) in [4.78, 5) is 15.3. The van der Waals surface area contributed by atoms with Crippen molar-refractivity contribution >= 4 is 17.2 Å². The van der Waals surface area contributed by atoms with Gasteiger partial charge in [-0.15, -0.1) is 11.3 Å². The Morgan fingerprint density at radius 1 is 1.35 bits per heavy atom. The summed E-state index contributed by atoms with van der Waals surface area (Å²) in [5.41, 5.74) is 0.262. The van der Waals surface area contributed by atoms with Crippen LogP contribution in [0, 0.1) is 5.82 Å². The van der Waals surface area contributed by atoms with Gasteiger partial charge in [-0.2, -0.15) is 13.2 Å². The molecule has 0 fully saturated rings. The molecule has 0 saturated carbocycles. The molecule has 1 N–H and O–H groups in total. The molecular formula is C12H8F4N2OS. The van der Waals surface area contributed by atoms with E-state index in [2.05, 4.69) is 10.3 Å². The minimum absolute atomic E-state index is 0.130. The Labute approximate surface area is 115 Å². The van der Waals surface area contributed by atoms with Gasteiger partial charge in [0.1, 0.15) is 11.5 Å². The fourth-order valence-corrected chi connectivity index (χ4v) is 2.09. The van der Waals surface area contributed by atoms with Crippen LogP contribution in [-0.2, 0) is 12.7 Å². The van der Waals surface area contributed by atoms with E-state index in [0.29, 0.717) is 6.07 Å². The highest BCUT2D eigenvalue weighted by Crippen LogP contribution is 2.32. The molecule has 2 aromatic rings. The molecule has 0 radical (unpaired) electrons. The van der Waals surface area contributed by atoms with E-state index in [4.69, 9.17) is 0 Å². The average molecular weight is 304 g/mol. The highest BCUT2D eigenvalue weighted by Gasteiger charge is 2.33. The average Bonchev–Trinajstić information content (AvgIpc) is 2.89. The second-order valence-electron chi connectivity index (χ2n) is 3.86. The van der Waals surface area contributed by atoms with Gasteiger partial charge in [-0.05, 0) is 17.7 Å². The number of nitrogens with one attached hydrogen (secondary N) is 1. The van der Waals surface area contributed by atoms with Crippen LogP contribution >= 0.6 is 11.3 Å². The maximum Gasteiger partial charge on any atom is 0.416 e. The zero-order chi connectivity index (χ0) is 14.8. The van der Waals surface area contributed by atoms with Crippen molar-refractivity contribution in [2.75, 3.05) is 0 Å². The number of hydrogen-bond donors (Lipinski definition) is 1. The normalized spacial score (nSPS) is 11.4. The number of halogens is 4.